The Morgan fingerprint density at radius 1 is 1.11 bits per heavy atom. The molecule has 0 amide bonds. The summed E-state index contributed by atoms with van der Waals surface area (Å²) in [6.07, 6.45) is 1.40. The molecule has 1 N–H and O–H groups in total. The summed E-state index contributed by atoms with van der Waals surface area (Å²) in [5.74, 6) is -3.93. The second-order valence-corrected chi connectivity index (χ2v) is 4.15. The Balaban J connectivity index is 2.22. The zero-order valence-corrected chi connectivity index (χ0v) is 9.84. The van der Waals surface area contributed by atoms with Crippen LogP contribution in [-0.4, -0.2) is 15.2 Å². The molecule has 0 aliphatic rings. The van der Waals surface area contributed by atoms with Crippen LogP contribution in [0.5, 0.6) is 0 Å². The van der Waals surface area contributed by atoms with E-state index in [1.165, 1.54) is 12.3 Å². The summed E-state index contributed by atoms with van der Waals surface area (Å²) in [6, 6.07) is 3.66. The van der Waals surface area contributed by atoms with Crippen molar-refractivity contribution in [2.45, 2.75) is 6.92 Å². The van der Waals surface area contributed by atoms with Crippen molar-refractivity contribution in [1.82, 2.24) is 15.2 Å². The van der Waals surface area contributed by atoms with Crippen molar-refractivity contribution in [3.63, 3.8) is 0 Å². The molecule has 3 aromatic rings. The van der Waals surface area contributed by atoms with Crippen molar-refractivity contribution < 1.29 is 13.2 Å². The zero-order chi connectivity index (χ0) is 13.6. The molecule has 3 nitrogen and oxygen atoms in total. The van der Waals surface area contributed by atoms with Crippen molar-refractivity contribution in [1.29, 1.82) is 0 Å². The van der Waals surface area contributed by atoms with Gasteiger partial charge in [0, 0.05) is 17.3 Å². The fourth-order valence-corrected chi connectivity index (χ4v) is 1.93. The van der Waals surface area contributed by atoms with Crippen molar-refractivity contribution in [3.8, 4) is 11.1 Å². The summed E-state index contributed by atoms with van der Waals surface area (Å²) < 4.78 is 39.8. The molecule has 0 saturated carbocycles. The first kappa shape index (κ1) is 11.7. The number of aromatic nitrogens is 3. The average molecular weight is 263 g/mol. The Morgan fingerprint density at radius 3 is 2.68 bits per heavy atom. The second-order valence-electron chi connectivity index (χ2n) is 4.15. The molecule has 0 spiro atoms. The van der Waals surface area contributed by atoms with Gasteiger partial charge in [-0.25, -0.2) is 13.2 Å². The predicted octanol–water partition coefficient (Wildman–Crippen LogP) is 3.35. The van der Waals surface area contributed by atoms with Gasteiger partial charge in [-0.2, -0.15) is 5.10 Å². The van der Waals surface area contributed by atoms with E-state index in [4.69, 9.17) is 0 Å². The van der Waals surface area contributed by atoms with E-state index in [1.54, 1.807) is 13.0 Å². The molecular weight excluding hydrogens is 255 g/mol. The first-order valence-corrected chi connectivity index (χ1v) is 5.52. The van der Waals surface area contributed by atoms with E-state index >= 15 is 0 Å². The van der Waals surface area contributed by atoms with E-state index in [0.717, 1.165) is 6.07 Å². The second kappa shape index (κ2) is 4.08. The van der Waals surface area contributed by atoms with E-state index in [1.807, 2.05) is 0 Å². The average Bonchev–Trinajstić information content (AvgIpc) is 2.77. The van der Waals surface area contributed by atoms with Crippen LogP contribution >= 0.6 is 0 Å². The number of rotatable bonds is 1. The van der Waals surface area contributed by atoms with E-state index in [0.29, 0.717) is 22.3 Å². The minimum absolute atomic E-state index is 0.0412. The van der Waals surface area contributed by atoms with Gasteiger partial charge in [0.1, 0.15) is 5.52 Å². The smallest absolute Gasteiger partial charge is 0.195 e. The number of hydrogen-bond acceptors (Lipinski definition) is 2. The number of aryl methyl sites for hydroxylation is 1. The molecule has 1 aromatic carbocycles. The molecule has 0 aliphatic carbocycles. The quantitative estimate of drug-likeness (QED) is 0.684. The Hall–Kier alpha value is -2.37. The van der Waals surface area contributed by atoms with Crippen molar-refractivity contribution in [2.24, 2.45) is 0 Å². The number of nitrogens with one attached hydrogen (secondary N) is 1. The number of fused-ring (bicyclic) bond motifs is 1. The maximum atomic E-state index is 13.7. The van der Waals surface area contributed by atoms with Crippen molar-refractivity contribution in [3.05, 3.63) is 47.5 Å². The Morgan fingerprint density at radius 2 is 1.89 bits per heavy atom. The van der Waals surface area contributed by atoms with Gasteiger partial charge in [-0.3, -0.25) is 10.1 Å². The molecule has 3 rings (SSSR count). The third kappa shape index (κ3) is 1.76. The standard InChI is InChI=1S/C13H8F3N3/c1-6-13-10(19-18-6)4-7(5-17-13)8-2-3-9(14)12(16)11(8)15/h2-5H,1H3,(H,18,19). The van der Waals surface area contributed by atoms with Crippen LogP contribution in [0.1, 0.15) is 5.69 Å². The van der Waals surface area contributed by atoms with Gasteiger partial charge >= 0.3 is 0 Å². The van der Waals surface area contributed by atoms with Gasteiger partial charge < -0.3 is 0 Å². The number of hydrogen-bond donors (Lipinski definition) is 1. The molecule has 0 bridgehead atoms. The lowest BCUT2D eigenvalue weighted by atomic mass is 10.1. The van der Waals surface area contributed by atoms with Crippen LogP contribution in [0.15, 0.2) is 24.4 Å². The molecule has 2 heterocycles. The van der Waals surface area contributed by atoms with Gasteiger partial charge in [0.25, 0.3) is 0 Å². The van der Waals surface area contributed by atoms with E-state index < -0.39 is 17.5 Å². The van der Waals surface area contributed by atoms with Crippen LogP contribution in [0.25, 0.3) is 22.2 Å². The van der Waals surface area contributed by atoms with E-state index in [-0.39, 0.29) is 5.56 Å². The van der Waals surface area contributed by atoms with Crippen LogP contribution < -0.4 is 0 Å². The fraction of sp³-hybridized carbons (Fsp3) is 0.0769. The largest absolute Gasteiger partial charge is 0.276 e. The van der Waals surface area contributed by atoms with Gasteiger partial charge in [0.2, 0.25) is 0 Å². The van der Waals surface area contributed by atoms with Crippen LogP contribution in [0.4, 0.5) is 13.2 Å². The molecule has 0 aliphatic heterocycles. The predicted molar refractivity (Wildman–Crippen MR) is 63.9 cm³/mol. The molecule has 96 valence electrons. The van der Waals surface area contributed by atoms with Gasteiger partial charge in [0.05, 0.1) is 11.2 Å². The Bertz CT molecular complexity index is 780. The summed E-state index contributed by atoms with van der Waals surface area (Å²) in [7, 11) is 0. The van der Waals surface area contributed by atoms with Crippen molar-refractivity contribution in [2.75, 3.05) is 0 Å². The molecule has 0 atom stereocenters. The van der Waals surface area contributed by atoms with Crippen LogP contribution in [0.3, 0.4) is 0 Å². The number of halogens is 3. The topological polar surface area (TPSA) is 41.6 Å². The third-order valence-electron chi connectivity index (χ3n) is 2.92. The third-order valence-corrected chi connectivity index (χ3v) is 2.92. The van der Waals surface area contributed by atoms with Gasteiger partial charge in [-0.05, 0) is 25.1 Å². The zero-order valence-electron chi connectivity index (χ0n) is 9.84. The summed E-state index contributed by atoms with van der Waals surface area (Å²) in [5, 5.41) is 6.71. The van der Waals surface area contributed by atoms with Crippen molar-refractivity contribution >= 4 is 11.0 Å². The molecule has 6 heteroatoms. The molecule has 0 unspecified atom stereocenters. The van der Waals surface area contributed by atoms with Gasteiger partial charge in [-0.1, -0.05) is 0 Å². The SMILES string of the molecule is Cc1n[nH]c2cc(-c3ccc(F)c(F)c3F)cnc12. The number of benzene rings is 1. The molecule has 0 radical (unpaired) electrons. The monoisotopic (exact) mass is 263 g/mol. The lowest BCUT2D eigenvalue weighted by Crippen LogP contribution is -1.94. The lowest BCUT2D eigenvalue weighted by molar-refractivity contribution is 0.449. The summed E-state index contributed by atoms with van der Waals surface area (Å²) in [6.45, 7) is 1.78. The molecule has 2 aromatic heterocycles. The molecule has 19 heavy (non-hydrogen) atoms. The highest BCUT2D eigenvalue weighted by molar-refractivity contribution is 5.81. The minimum atomic E-state index is -1.49. The van der Waals surface area contributed by atoms with Crippen LogP contribution in [0, 0.1) is 24.4 Å². The van der Waals surface area contributed by atoms with Crippen LogP contribution in [0.2, 0.25) is 0 Å². The maximum Gasteiger partial charge on any atom is 0.195 e. The van der Waals surface area contributed by atoms with Crippen LogP contribution in [-0.2, 0) is 0 Å². The van der Waals surface area contributed by atoms with E-state index in [9.17, 15) is 13.2 Å². The number of nitrogens with zero attached hydrogens (tertiary/aromatic N) is 2. The van der Waals surface area contributed by atoms with E-state index in [2.05, 4.69) is 15.2 Å². The number of aromatic amines is 1. The highest BCUT2D eigenvalue weighted by Gasteiger charge is 2.15. The highest BCUT2D eigenvalue weighted by Crippen LogP contribution is 2.27. The Labute approximate surface area is 106 Å². The van der Waals surface area contributed by atoms with Gasteiger partial charge in [0.15, 0.2) is 17.5 Å². The summed E-state index contributed by atoms with van der Waals surface area (Å²) in [4.78, 5) is 4.13. The van der Waals surface area contributed by atoms with Gasteiger partial charge in [-0.15, -0.1) is 0 Å². The normalized spacial score (nSPS) is 11.2. The number of H-pyrrole nitrogens is 1. The molecule has 0 fully saturated rings. The first-order chi connectivity index (χ1) is 9.08. The first-order valence-electron chi connectivity index (χ1n) is 5.52. The molecule has 0 saturated heterocycles. The lowest BCUT2D eigenvalue weighted by Gasteiger charge is -2.04. The highest BCUT2D eigenvalue weighted by atomic mass is 19.2. The fourth-order valence-electron chi connectivity index (χ4n) is 1.93. The minimum Gasteiger partial charge on any atom is -0.276 e. The molecular formula is C13H8F3N3. The Kier molecular flexibility index (Phi) is 2.51. The summed E-state index contributed by atoms with van der Waals surface area (Å²) >= 11 is 0. The maximum absolute atomic E-state index is 13.7. The number of pyridine rings is 1. The summed E-state index contributed by atoms with van der Waals surface area (Å²) in [5.41, 5.74) is 2.30.